The lowest BCUT2D eigenvalue weighted by molar-refractivity contribution is -0.127. The minimum Gasteiger partial charge on any atom is -0.485 e. The summed E-state index contributed by atoms with van der Waals surface area (Å²) >= 11 is 1.32. The van der Waals surface area contributed by atoms with Gasteiger partial charge in [0.15, 0.2) is 11.0 Å². The van der Waals surface area contributed by atoms with Crippen LogP contribution in [0, 0.1) is 18.3 Å². The summed E-state index contributed by atoms with van der Waals surface area (Å²) in [5.41, 5.74) is 1.95. The maximum absolute atomic E-state index is 12.3. The second-order valence-electron chi connectivity index (χ2n) is 6.64. The number of nitrogens with zero attached hydrogens (tertiary/aromatic N) is 5. The summed E-state index contributed by atoms with van der Waals surface area (Å²) in [6, 6.07) is 19.6. The summed E-state index contributed by atoms with van der Waals surface area (Å²) in [6.07, 6.45) is 0.313. The van der Waals surface area contributed by atoms with Gasteiger partial charge in [0, 0.05) is 19.3 Å². The molecule has 0 unspecified atom stereocenters. The number of amides is 1. The largest absolute Gasteiger partial charge is 0.485 e. The van der Waals surface area contributed by atoms with Crippen LogP contribution in [0.5, 0.6) is 5.75 Å². The summed E-state index contributed by atoms with van der Waals surface area (Å²) in [7, 11) is 1.70. The Hall–Kier alpha value is -3.31. The van der Waals surface area contributed by atoms with Gasteiger partial charge in [0.1, 0.15) is 12.4 Å². The van der Waals surface area contributed by atoms with E-state index in [1.807, 2.05) is 66.1 Å². The van der Waals surface area contributed by atoms with E-state index in [9.17, 15) is 4.79 Å². The molecule has 7 nitrogen and oxygen atoms in total. The van der Waals surface area contributed by atoms with Gasteiger partial charge in [0.25, 0.3) is 0 Å². The second kappa shape index (κ2) is 10.5. The van der Waals surface area contributed by atoms with Crippen LogP contribution in [0.2, 0.25) is 0 Å². The zero-order valence-corrected chi connectivity index (χ0v) is 17.8. The average molecular weight is 422 g/mol. The highest BCUT2D eigenvalue weighted by atomic mass is 32.2. The van der Waals surface area contributed by atoms with E-state index < -0.39 is 0 Å². The van der Waals surface area contributed by atoms with Crippen molar-refractivity contribution < 1.29 is 9.53 Å². The standard InChI is InChI=1S/C22H23N5O2S/c1-17-9-6-7-12-19(17)29-15-20-24-25-22(27(20)18-10-4-3-5-11-18)30-16-21(28)26(2)14-8-13-23/h3-7,9-12H,8,14-16H2,1-2H3. The third kappa shape index (κ3) is 5.39. The molecule has 3 rings (SSSR count). The number of rotatable bonds is 9. The average Bonchev–Trinajstić information content (AvgIpc) is 3.18. The quantitative estimate of drug-likeness (QED) is 0.491. The number of thioether (sulfide) groups is 1. The highest BCUT2D eigenvalue weighted by Crippen LogP contribution is 2.24. The van der Waals surface area contributed by atoms with E-state index in [-0.39, 0.29) is 18.3 Å². The van der Waals surface area contributed by atoms with Gasteiger partial charge in [-0.15, -0.1) is 10.2 Å². The van der Waals surface area contributed by atoms with E-state index in [1.54, 1.807) is 11.9 Å². The molecule has 0 saturated carbocycles. The maximum atomic E-state index is 12.3. The first-order valence-corrected chi connectivity index (χ1v) is 10.5. The molecule has 0 aliphatic carbocycles. The fourth-order valence-electron chi connectivity index (χ4n) is 2.76. The Bertz CT molecular complexity index is 1030. The summed E-state index contributed by atoms with van der Waals surface area (Å²) in [6.45, 7) is 2.66. The smallest absolute Gasteiger partial charge is 0.232 e. The third-order valence-corrected chi connectivity index (χ3v) is 5.39. The Morgan fingerprint density at radius 2 is 1.90 bits per heavy atom. The number of nitriles is 1. The Balaban J connectivity index is 1.78. The third-order valence-electron chi connectivity index (χ3n) is 4.47. The van der Waals surface area contributed by atoms with Crippen molar-refractivity contribution >= 4 is 17.7 Å². The van der Waals surface area contributed by atoms with Crippen LogP contribution < -0.4 is 4.74 Å². The molecule has 8 heteroatoms. The van der Waals surface area contributed by atoms with Crippen LogP contribution in [0.25, 0.3) is 5.69 Å². The van der Waals surface area contributed by atoms with Gasteiger partial charge >= 0.3 is 0 Å². The summed E-state index contributed by atoms with van der Waals surface area (Å²) in [5.74, 6) is 1.60. The fraction of sp³-hybridized carbons (Fsp3) is 0.273. The Kier molecular flexibility index (Phi) is 7.46. The number of para-hydroxylation sites is 2. The molecule has 0 bridgehead atoms. The minimum atomic E-state index is -0.0597. The molecule has 1 amide bonds. The lowest BCUT2D eigenvalue weighted by Crippen LogP contribution is -2.29. The van der Waals surface area contributed by atoms with E-state index in [2.05, 4.69) is 16.3 Å². The van der Waals surface area contributed by atoms with Crippen molar-refractivity contribution in [3.05, 3.63) is 66.0 Å². The highest BCUT2D eigenvalue weighted by Gasteiger charge is 2.18. The van der Waals surface area contributed by atoms with Crippen LogP contribution in [0.15, 0.2) is 59.8 Å². The van der Waals surface area contributed by atoms with Crippen LogP contribution in [0.1, 0.15) is 17.8 Å². The molecule has 0 spiro atoms. The molecular weight excluding hydrogens is 398 g/mol. The predicted molar refractivity (Wildman–Crippen MR) is 115 cm³/mol. The van der Waals surface area contributed by atoms with Crippen LogP contribution in [0.3, 0.4) is 0 Å². The molecule has 1 aromatic heterocycles. The fourth-order valence-corrected chi connectivity index (χ4v) is 3.67. The van der Waals surface area contributed by atoms with Gasteiger partial charge in [0.2, 0.25) is 5.91 Å². The number of benzene rings is 2. The van der Waals surface area contributed by atoms with Crippen LogP contribution in [-0.2, 0) is 11.4 Å². The van der Waals surface area contributed by atoms with Gasteiger partial charge in [-0.1, -0.05) is 48.2 Å². The second-order valence-corrected chi connectivity index (χ2v) is 7.58. The predicted octanol–water partition coefficient (Wildman–Crippen LogP) is 3.62. The molecule has 0 N–H and O–H groups in total. The number of hydrogen-bond donors (Lipinski definition) is 0. The number of hydrogen-bond acceptors (Lipinski definition) is 6. The minimum absolute atomic E-state index is 0.0597. The zero-order valence-electron chi connectivity index (χ0n) is 17.0. The van der Waals surface area contributed by atoms with Crippen LogP contribution in [0.4, 0.5) is 0 Å². The molecule has 1 heterocycles. The molecule has 0 atom stereocenters. The number of carbonyl (C=O) groups excluding carboxylic acids is 1. The van der Waals surface area contributed by atoms with Crippen molar-refractivity contribution in [3.63, 3.8) is 0 Å². The van der Waals surface area contributed by atoms with Crippen molar-refractivity contribution in [3.8, 4) is 17.5 Å². The molecule has 0 saturated heterocycles. The first-order chi connectivity index (χ1) is 14.6. The van der Waals surface area contributed by atoms with Gasteiger partial charge in [-0.3, -0.25) is 9.36 Å². The summed E-state index contributed by atoms with van der Waals surface area (Å²) < 4.78 is 7.88. The van der Waals surface area contributed by atoms with Gasteiger partial charge in [-0.2, -0.15) is 5.26 Å². The molecule has 0 aliphatic rings. The van der Waals surface area contributed by atoms with Gasteiger partial charge < -0.3 is 9.64 Å². The molecule has 0 fully saturated rings. The topological polar surface area (TPSA) is 84.0 Å². The highest BCUT2D eigenvalue weighted by molar-refractivity contribution is 7.99. The zero-order chi connectivity index (χ0) is 21.3. The van der Waals surface area contributed by atoms with Crippen molar-refractivity contribution in [2.75, 3.05) is 19.3 Å². The first-order valence-electron chi connectivity index (χ1n) is 9.52. The van der Waals surface area contributed by atoms with Crippen LogP contribution >= 0.6 is 11.8 Å². The van der Waals surface area contributed by atoms with Crippen molar-refractivity contribution in [2.24, 2.45) is 0 Å². The van der Waals surface area contributed by atoms with Gasteiger partial charge in [-0.05, 0) is 30.7 Å². The number of carbonyl (C=O) groups is 1. The van der Waals surface area contributed by atoms with Gasteiger partial charge in [0.05, 0.1) is 18.2 Å². The SMILES string of the molecule is Cc1ccccc1OCc1nnc(SCC(=O)N(C)CCC#N)n1-c1ccccc1. The molecular formula is C22H23N5O2S. The number of aromatic nitrogens is 3. The van der Waals surface area contributed by atoms with E-state index in [4.69, 9.17) is 10.00 Å². The van der Waals surface area contributed by atoms with Crippen molar-refractivity contribution in [1.29, 1.82) is 5.26 Å². The van der Waals surface area contributed by atoms with E-state index in [1.165, 1.54) is 11.8 Å². The van der Waals surface area contributed by atoms with Crippen molar-refractivity contribution in [1.82, 2.24) is 19.7 Å². The normalized spacial score (nSPS) is 10.4. The molecule has 154 valence electrons. The summed E-state index contributed by atoms with van der Waals surface area (Å²) in [4.78, 5) is 13.9. The Morgan fingerprint density at radius 1 is 1.17 bits per heavy atom. The van der Waals surface area contributed by atoms with Crippen molar-refractivity contribution in [2.45, 2.75) is 25.1 Å². The lowest BCUT2D eigenvalue weighted by Gasteiger charge is -2.15. The van der Waals surface area contributed by atoms with Gasteiger partial charge in [-0.25, -0.2) is 0 Å². The summed E-state index contributed by atoms with van der Waals surface area (Å²) in [5, 5.41) is 17.9. The Labute approximate surface area is 180 Å². The lowest BCUT2D eigenvalue weighted by atomic mass is 10.2. The molecule has 0 aliphatic heterocycles. The van der Waals surface area contributed by atoms with E-state index in [0.717, 1.165) is 17.0 Å². The van der Waals surface area contributed by atoms with E-state index >= 15 is 0 Å². The number of ether oxygens (including phenoxy) is 1. The van der Waals surface area contributed by atoms with E-state index in [0.29, 0.717) is 23.9 Å². The number of aryl methyl sites for hydroxylation is 1. The van der Waals surface area contributed by atoms with Crippen LogP contribution in [-0.4, -0.2) is 44.9 Å². The Morgan fingerprint density at radius 3 is 2.63 bits per heavy atom. The molecule has 2 aromatic carbocycles. The first kappa shape index (κ1) is 21.4. The maximum Gasteiger partial charge on any atom is 0.232 e. The monoisotopic (exact) mass is 421 g/mol. The molecule has 30 heavy (non-hydrogen) atoms. The molecule has 3 aromatic rings. The molecule has 0 radical (unpaired) electrons.